The molecular weight excluding hydrogens is 524 g/mol. The van der Waals surface area contributed by atoms with E-state index in [1.54, 1.807) is 11.0 Å². The molecule has 0 spiro atoms. The Morgan fingerprint density at radius 2 is 1.88 bits per heavy atom. The van der Waals surface area contributed by atoms with E-state index in [2.05, 4.69) is 60.8 Å². The number of aromatic nitrogens is 2. The number of nitrogens with zero attached hydrogens (tertiary/aromatic N) is 6. The number of esters is 1. The van der Waals surface area contributed by atoms with Gasteiger partial charge in [-0.25, -0.2) is 15.2 Å². The molecule has 5 rings (SSSR count). The molecule has 0 bridgehead atoms. The number of imidazole rings is 1. The van der Waals surface area contributed by atoms with Crippen molar-refractivity contribution >= 4 is 17.7 Å². The number of phenolic OH excluding ortho intramolecular Hbond substituents is 1. The van der Waals surface area contributed by atoms with Gasteiger partial charge in [0.05, 0.1) is 18.9 Å². The van der Waals surface area contributed by atoms with Crippen molar-refractivity contribution in [3.05, 3.63) is 70.2 Å². The van der Waals surface area contributed by atoms with Crippen LogP contribution in [0.2, 0.25) is 0 Å². The average Bonchev–Trinajstić information content (AvgIpc) is 3.60. The Bertz CT molecular complexity index is 1460. The third-order valence-corrected chi connectivity index (χ3v) is 7.56. The van der Waals surface area contributed by atoms with Crippen LogP contribution < -0.4 is 10.2 Å². The molecule has 1 aromatic heterocycles. The first-order valence-corrected chi connectivity index (χ1v) is 13.7. The molecule has 2 aliphatic heterocycles. The molecule has 3 aromatic rings. The SMILES string of the molecule is CN=NNc1nc[nH]c1C(=O)Oc1cc(O)c(C(=O)N2Cc3ccc(CN4CCN(C)CC4)cc3C2)cc1C(C)C. The third kappa shape index (κ3) is 6.23. The summed E-state index contributed by atoms with van der Waals surface area (Å²) in [5.41, 5.74) is 6.88. The summed E-state index contributed by atoms with van der Waals surface area (Å²) in [5, 5.41) is 18.1. The van der Waals surface area contributed by atoms with Crippen molar-refractivity contribution in [2.45, 2.75) is 39.4 Å². The van der Waals surface area contributed by atoms with Crippen LogP contribution in [-0.2, 0) is 19.6 Å². The Balaban J connectivity index is 1.31. The highest BCUT2D eigenvalue weighted by atomic mass is 16.5. The predicted molar refractivity (Wildman–Crippen MR) is 153 cm³/mol. The fourth-order valence-corrected chi connectivity index (χ4v) is 5.20. The number of nitrogens with one attached hydrogen (secondary N) is 2. The van der Waals surface area contributed by atoms with Gasteiger partial charge < -0.3 is 24.6 Å². The minimum absolute atomic E-state index is 0.0496. The Hall–Kier alpha value is -4.29. The van der Waals surface area contributed by atoms with E-state index in [1.807, 2.05) is 13.8 Å². The first-order valence-electron chi connectivity index (χ1n) is 13.7. The number of piperazine rings is 1. The predicted octanol–water partition coefficient (Wildman–Crippen LogP) is 3.77. The Kier molecular flexibility index (Phi) is 8.31. The van der Waals surface area contributed by atoms with Gasteiger partial charge in [-0.05, 0) is 41.3 Å². The normalized spacial score (nSPS) is 16.0. The van der Waals surface area contributed by atoms with Crippen molar-refractivity contribution in [1.29, 1.82) is 0 Å². The zero-order chi connectivity index (χ0) is 29.1. The van der Waals surface area contributed by atoms with Gasteiger partial charge in [-0.15, -0.1) is 0 Å². The molecule has 2 aromatic carbocycles. The quantitative estimate of drug-likeness (QED) is 0.164. The van der Waals surface area contributed by atoms with Crippen molar-refractivity contribution in [2.24, 2.45) is 10.3 Å². The number of aromatic amines is 1. The van der Waals surface area contributed by atoms with Gasteiger partial charge in [0.15, 0.2) is 11.5 Å². The number of amides is 1. The van der Waals surface area contributed by atoms with Crippen LogP contribution in [-0.4, -0.2) is 81.9 Å². The summed E-state index contributed by atoms with van der Waals surface area (Å²) in [5.74, 6) is -1.02. The van der Waals surface area contributed by atoms with E-state index in [9.17, 15) is 14.7 Å². The van der Waals surface area contributed by atoms with E-state index >= 15 is 0 Å². The molecule has 0 atom stereocenters. The summed E-state index contributed by atoms with van der Waals surface area (Å²) in [6.07, 6.45) is 1.33. The lowest BCUT2D eigenvalue weighted by atomic mass is 9.98. The number of fused-ring (bicyclic) bond motifs is 1. The van der Waals surface area contributed by atoms with Gasteiger partial charge in [0.2, 0.25) is 0 Å². The van der Waals surface area contributed by atoms with Crippen molar-refractivity contribution in [3.8, 4) is 11.5 Å². The lowest BCUT2D eigenvalue weighted by molar-refractivity contribution is 0.0728. The molecule has 1 saturated heterocycles. The first kappa shape index (κ1) is 28.2. The van der Waals surface area contributed by atoms with Gasteiger partial charge in [-0.3, -0.25) is 9.69 Å². The lowest BCUT2D eigenvalue weighted by Gasteiger charge is -2.32. The van der Waals surface area contributed by atoms with Crippen LogP contribution in [0.1, 0.15) is 62.9 Å². The molecule has 12 heteroatoms. The number of phenols is 1. The summed E-state index contributed by atoms with van der Waals surface area (Å²) in [4.78, 5) is 39.8. The Labute approximate surface area is 239 Å². The van der Waals surface area contributed by atoms with Gasteiger partial charge in [-0.1, -0.05) is 37.3 Å². The minimum Gasteiger partial charge on any atom is -0.507 e. The molecule has 1 amide bonds. The number of ether oxygens (including phenoxy) is 1. The van der Waals surface area contributed by atoms with E-state index < -0.39 is 5.97 Å². The van der Waals surface area contributed by atoms with Crippen LogP contribution in [0.15, 0.2) is 47.0 Å². The zero-order valence-electron chi connectivity index (χ0n) is 23.8. The van der Waals surface area contributed by atoms with Crippen LogP contribution in [0.5, 0.6) is 11.5 Å². The summed E-state index contributed by atoms with van der Waals surface area (Å²) in [6.45, 7) is 9.93. The maximum Gasteiger partial charge on any atom is 0.364 e. The van der Waals surface area contributed by atoms with E-state index in [4.69, 9.17) is 4.74 Å². The number of carbonyl (C=O) groups is 2. The van der Waals surface area contributed by atoms with Gasteiger partial charge in [0.1, 0.15) is 11.5 Å². The van der Waals surface area contributed by atoms with Crippen LogP contribution in [0.4, 0.5) is 5.82 Å². The third-order valence-electron chi connectivity index (χ3n) is 7.56. The highest BCUT2D eigenvalue weighted by Crippen LogP contribution is 2.36. The Morgan fingerprint density at radius 3 is 2.61 bits per heavy atom. The van der Waals surface area contributed by atoms with E-state index in [0.29, 0.717) is 18.7 Å². The molecule has 12 nitrogen and oxygen atoms in total. The van der Waals surface area contributed by atoms with Crippen molar-refractivity contribution < 1.29 is 19.4 Å². The minimum atomic E-state index is -0.723. The molecule has 0 unspecified atom stereocenters. The molecule has 3 N–H and O–H groups in total. The molecule has 3 heterocycles. The van der Waals surface area contributed by atoms with Gasteiger partial charge >= 0.3 is 5.97 Å². The number of carbonyl (C=O) groups excluding carboxylic acids is 2. The van der Waals surface area contributed by atoms with Gasteiger partial charge in [-0.2, -0.15) is 5.11 Å². The molecule has 0 saturated carbocycles. The standard InChI is InChI=1S/C29H36N8O4/c1-18(2)22-12-23(24(38)13-25(22)41-29(40)26-27(32-17-31-26)33-34-30-3)28(39)37-15-20-6-5-19(11-21(20)16-37)14-36-9-7-35(4)8-10-36/h5-6,11-13,17-18,38H,7-10,14-16H2,1-4H3,(H,30,33)(H,31,32). The topological polar surface area (TPSA) is 139 Å². The number of aromatic hydroxyl groups is 1. The second kappa shape index (κ2) is 12.1. The molecular formula is C29H36N8O4. The smallest absolute Gasteiger partial charge is 0.364 e. The Morgan fingerprint density at radius 1 is 1.12 bits per heavy atom. The largest absolute Gasteiger partial charge is 0.507 e. The highest BCUT2D eigenvalue weighted by molar-refractivity contribution is 5.98. The summed E-state index contributed by atoms with van der Waals surface area (Å²) in [6, 6.07) is 9.39. The molecule has 2 aliphatic rings. The number of hydrogen-bond donors (Lipinski definition) is 3. The number of likely N-dealkylation sites (N-methyl/N-ethyl adjacent to an activating group) is 1. The summed E-state index contributed by atoms with van der Waals surface area (Å²) >= 11 is 0. The monoisotopic (exact) mass is 560 g/mol. The van der Waals surface area contributed by atoms with E-state index in [1.165, 1.54) is 25.0 Å². The maximum absolute atomic E-state index is 13.6. The van der Waals surface area contributed by atoms with Crippen LogP contribution >= 0.6 is 0 Å². The van der Waals surface area contributed by atoms with Gasteiger partial charge in [0.25, 0.3) is 5.91 Å². The van der Waals surface area contributed by atoms with E-state index in [0.717, 1.165) is 43.9 Å². The van der Waals surface area contributed by atoms with Crippen LogP contribution in [0.25, 0.3) is 0 Å². The van der Waals surface area contributed by atoms with Crippen LogP contribution in [0.3, 0.4) is 0 Å². The maximum atomic E-state index is 13.6. The van der Waals surface area contributed by atoms with Crippen molar-refractivity contribution in [2.75, 3.05) is 45.7 Å². The second-order valence-corrected chi connectivity index (χ2v) is 10.8. The average molecular weight is 561 g/mol. The highest BCUT2D eigenvalue weighted by Gasteiger charge is 2.29. The lowest BCUT2D eigenvalue weighted by Crippen LogP contribution is -2.43. The second-order valence-electron chi connectivity index (χ2n) is 10.8. The number of H-pyrrole nitrogens is 1. The van der Waals surface area contributed by atoms with Crippen molar-refractivity contribution in [1.82, 2.24) is 24.7 Å². The molecule has 1 fully saturated rings. The molecule has 216 valence electrons. The first-order chi connectivity index (χ1) is 19.7. The number of anilines is 1. The molecule has 0 aliphatic carbocycles. The number of rotatable bonds is 8. The zero-order valence-corrected chi connectivity index (χ0v) is 23.8. The number of benzene rings is 2. The molecule has 0 radical (unpaired) electrons. The summed E-state index contributed by atoms with van der Waals surface area (Å²) in [7, 11) is 3.63. The molecule has 41 heavy (non-hydrogen) atoms. The fraction of sp³-hybridized carbons (Fsp3) is 0.414. The van der Waals surface area contributed by atoms with Gasteiger partial charge in [0, 0.05) is 51.9 Å². The number of hydrogen-bond acceptors (Lipinski definition) is 9. The summed E-state index contributed by atoms with van der Waals surface area (Å²) < 4.78 is 5.63. The van der Waals surface area contributed by atoms with E-state index in [-0.39, 0.29) is 40.4 Å². The fourth-order valence-electron chi connectivity index (χ4n) is 5.20. The van der Waals surface area contributed by atoms with Crippen LogP contribution in [0, 0.1) is 0 Å². The van der Waals surface area contributed by atoms with Crippen molar-refractivity contribution in [3.63, 3.8) is 0 Å².